The zero-order valence-electron chi connectivity index (χ0n) is 18.1. The van der Waals surface area contributed by atoms with Crippen molar-refractivity contribution >= 4 is 16.8 Å². The largest absolute Gasteiger partial charge is 0.496 e. The minimum atomic E-state index is -0.844. The lowest BCUT2D eigenvalue weighted by Gasteiger charge is -2.25. The second-order valence-electron chi connectivity index (χ2n) is 8.04. The van der Waals surface area contributed by atoms with E-state index >= 15 is 0 Å². The van der Waals surface area contributed by atoms with Crippen LogP contribution >= 0.6 is 0 Å². The van der Waals surface area contributed by atoms with Crippen molar-refractivity contribution in [1.29, 1.82) is 0 Å². The number of aliphatic hydroxyl groups is 1. The van der Waals surface area contributed by atoms with Crippen LogP contribution in [0.15, 0.2) is 41.3 Å². The Hall–Kier alpha value is -3.19. The quantitative estimate of drug-likeness (QED) is 0.606. The molecule has 1 aromatic heterocycles. The fourth-order valence-electron chi connectivity index (χ4n) is 3.87. The highest BCUT2D eigenvalue weighted by Crippen LogP contribution is 2.31. The van der Waals surface area contributed by atoms with Gasteiger partial charge in [0.1, 0.15) is 17.1 Å². The van der Waals surface area contributed by atoms with Gasteiger partial charge < -0.3 is 20.1 Å². The van der Waals surface area contributed by atoms with Crippen molar-refractivity contribution in [3.8, 4) is 5.75 Å². The molecule has 6 nitrogen and oxygen atoms in total. The standard InChI is InChI=1S/C24H27FN2O4/c1-13(2)20(12-28)27-11-18(24(26)30)23(29)17-9-16(21(31-4)10-19(17)27)8-15-7-5-6-14(3)22(15)25/h5-7,9-11,13,20,28H,8,12H2,1-4H3,(H2,26,30)/t20-/m1/s1. The molecule has 7 heteroatoms. The summed E-state index contributed by atoms with van der Waals surface area (Å²) >= 11 is 0. The first kappa shape index (κ1) is 22.5. The van der Waals surface area contributed by atoms with Crippen LogP contribution in [0.2, 0.25) is 0 Å². The Labute approximate surface area is 180 Å². The number of rotatable bonds is 7. The molecule has 0 fully saturated rings. The Balaban J connectivity index is 2.32. The predicted molar refractivity (Wildman–Crippen MR) is 118 cm³/mol. The number of carbonyl (C=O) groups is 1. The van der Waals surface area contributed by atoms with E-state index in [0.717, 1.165) is 0 Å². The van der Waals surface area contributed by atoms with Crippen LogP contribution in [-0.4, -0.2) is 29.3 Å². The smallest absolute Gasteiger partial charge is 0.254 e. The number of hydrogen-bond donors (Lipinski definition) is 2. The summed E-state index contributed by atoms with van der Waals surface area (Å²) in [4.78, 5) is 25.0. The highest BCUT2D eigenvalue weighted by atomic mass is 19.1. The van der Waals surface area contributed by atoms with Crippen molar-refractivity contribution < 1.29 is 19.0 Å². The molecule has 0 spiro atoms. The van der Waals surface area contributed by atoms with Gasteiger partial charge in [-0.3, -0.25) is 9.59 Å². The maximum atomic E-state index is 14.6. The van der Waals surface area contributed by atoms with E-state index in [9.17, 15) is 19.1 Å². The molecule has 3 rings (SSSR count). The lowest BCUT2D eigenvalue weighted by Crippen LogP contribution is -2.28. The molecule has 0 aliphatic rings. The molecule has 0 radical (unpaired) electrons. The number of fused-ring (bicyclic) bond motifs is 1. The summed E-state index contributed by atoms with van der Waals surface area (Å²) in [6.07, 6.45) is 1.60. The van der Waals surface area contributed by atoms with Crippen LogP contribution < -0.4 is 15.9 Å². The molecule has 0 aliphatic heterocycles. The second kappa shape index (κ2) is 8.89. The van der Waals surface area contributed by atoms with Crippen molar-refractivity contribution in [2.45, 2.75) is 33.2 Å². The maximum absolute atomic E-state index is 14.6. The van der Waals surface area contributed by atoms with Gasteiger partial charge in [-0.25, -0.2) is 4.39 Å². The molecule has 0 saturated carbocycles. The third kappa shape index (κ3) is 4.18. The average Bonchev–Trinajstić information content (AvgIpc) is 2.72. The van der Waals surface area contributed by atoms with Gasteiger partial charge in [0, 0.05) is 24.1 Å². The van der Waals surface area contributed by atoms with Crippen molar-refractivity contribution in [2.24, 2.45) is 11.7 Å². The second-order valence-corrected chi connectivity index (χ2v) is 8.04. The van der Waals surface area contributed by atoms with Gasteiger partial charge in [0.25, 0.3) is 5.91 Å². The van der Waals surface area contributed by atoms with E-state index in [4.69, 9.17) is 10.5 Å². The molecule has 1 atom stereocenters. The molecule has 0 aliphatic carbocycles. The number of aliphatic hydroxyl groups excluding tert-OH is 1. The number of hydrogen-bond acceptors (Lipinski definition) is 4. The third-order valence-electron chi connectivity index (χ3n) is 5.67. The lowest BCUT2D eigenvalue weighted by atomic mass is 9.97. The topological polar surface area (TPSA) is 94.5 Å². The monoisotopic (exact) mass is 426 g/mol. The number of aromatic nitrogens is 1. The highest BCUT2D eigenvalue weighted by Gasteiger charge is 2.22. The minimum absolute atomic E-state index is 0.0171. The summed E-state index contributed by atoms with van der Waals surface area (Å²) in [5, 5.41) is 10.2. The number of pyridine rings is 1. The van der Waals surface area contributed by atoms with Gasteiger partial charge in [0.05, 0.1) is 25.3 Å². The van der Waals surface area contributed by atoms with Gasteiger partial charge in [-0.05, 0) is 35.6 Å². The van der Waals surface area contributed by atoms with Crippen LogP contribution in [0.1, 0.15) is 46.9 Å². The molecule has 3 aromatic rings. The summed E-state index contributed by atoms with van der Waals surface area (Å²) in [5.74, 6) is -0.659. The van der Waals surface area contributed by atoms with Gasteiger partial charge in [-0.1, -0.05) is 32.0 Å². The fourth-order valence-corrected chi connectivity index (χ4v) is 3.87. The Morgan fingerprint density at radius 3 is 2.55 bits per heavy atom. The normalized spacial score (nSPS) is 12.4. The summed E-state index contributed by atoms with van der Waals surface area (Å²) in [6.45, 7) is 5.36. The van der Waals surface area contributed by atoms with Gasteiger partial charge >= 0.3 is 0 Å². The number of primary amides is 1. The zero-order chi connectivity index (χ0) is 22.9. The van der Waals surface area contributed by atoms with E-state index in [0.29, 0.717) is 28.0 Å². The number of halogens is 1. The molecule has 164 valence electrons. The first-order valence-corrected chi connectivity index (χ1v) is 10.1. The molecular weight excluding hydrogens is 399 g/mol. The summed E-state index contributed by atoms with van der Waals surface area (Å²) < 4.78 is 21.8. The van der Waals surface area contributed by atoms with Crippen molar-refractivity contribution in [3.63, 3.8) is 0 Å². The van der Waals surface area contributed by atoms with E-state index in [1.807, 2.05) is 13.8 Å². The van der Waals surface area contributed by atoms with Crippen LogP contribution in [0.25, 0.3) is 10.9 Å². The summed E-state index contributed by atoms with van der Waals surface area (Å²) in [6, 6.07) is 8.07. The predicted octanol–water partition coefficient (Wildman–Crippen LogP) is 3.34. The number of amides is 1. The highest BCUT2D eigenvalue weighted by molar-refractivity contribution is 5.96. The Bertz CT molecular complexity index is 1200. The van der Waals surface area contributed by atoms with Crippen LogP contribution in [0, 0.1) is 18.7 Å². The Morgan fingerprint density at radius 1 is 1.26 bits per heavy atom. The van der Waals surface area contributed by atoms with Crippen molar-refractivity contribution in [1.82, 2.24) is 4.57 Å². The number of nitrogens with two attached hydrogens (primary N) is 1. The number of benzene rings is 2. The van der Waals surface area contributed by atoms with Crippen LogP contribution in [0.4, 0.5) is 4.39 Å². The van der Waals surface area contributed by atoms with E-state index < -0.39 is 11.3 Å². The lowest BCUT2D eigenvalue weighted by molar-refractivity contribution is 0.0997. The number of aryl methyl sites for hydroxylation is 1. The molecule has 0 saturated heterocycles. The zero-order valence-corrected chi connectivity index (χ0v) is 18.1. The summed E-state index contributed by atoms with van der Waals surface area (Å²) in [5.41, 5.74) is 6.90. The maximum Gasteiger partial charge on any atom is 0.254 e. The van der Waals surface area contributed by atoms with Crippen LogP contribution in [-0.2, 0) is 6.42 Å². The number of methoxy groups -OCH3 is 1. The van der Waals surface area contributed by atoms with E-state index in [2.05, 4.69) is 0 Å². The molecular formula is C24H27FN2O4. The third-order valence-corrected chi connectivity index (χ3v) is 5.67. The molecule has 2 aromatic carbocycles. The molecule has 1 heterocycles. The van der Waals surface area contributed by atoms with Gasteiger partial charge in [-0.2, -0.15) is 0 Å². The van der Waals surface area contributed by atoms with Gasteiger partial charge in [0.2, 0.25) is 5.43 Å². The van der Waals surface area contributed by atoms with E-state index in [-0.39, 0.29) is 41.8 Å². The van der Waals surface area contributed by atoms with Crippen molar-refractivity contribution in [3.05, 3.63) is 74.8 Å². The number of carbonyl (C=O) groups excluding carboxylic acids is 1. The number of nitrogens with zero attached hydrogens (tertiary/aromatic N) is 1. The molecule has 0 unspecified atom stereocenters. The summed E-state index contributed by atoms with van der Waals surface area (Å²) in [7, 11) is 1.50. The molecule has 3 N–H and O–H groups in total. The van der Waals surface area contributed by atoms with Gasteiger partial charge in [0.15, 0.2) is 0 Å². The fraction of sp³-hybridized carbons (Fsp3) is 0.333. The number of ether oxygens (including phenoxy) is 1. The molecule has 31 heavy (non-hydrogen) atoms. The van der Waals surface area contributed by atoms with Gasteiger partial charge in [-0.15, -0.1) is 0 Å². The average molecular weight is 426 g/mol. The Kier molecular flexibility index (Phi) is 6.45. The first-order chi connectivity index (χ1) is 14.7. The molecule has 1 amide bonds. The van der Waals surface area contributed by atoms with Crippen LogP contribution in [0.5, 0.6) is 5.75 Å². The minimum Gasteiger partial charge on any atom is -0.496 e. The van der Waals surface area contributed by atoms with Crippen molar-refractivity contribution in [2.75, 3.05) is 13.7 Å². The molecule has 0 bridgehead atoms. The van der Waals surface area contributed by atoms with E-state index in [1.54, 1.807) is 41.8 Å². The van der Waals surface area contributed by atoms with Crippen LogP contribution in [0.3, 0.4) is 0 Å². The van der Waals surface area contributed by atoms with E-state index in [1.165, 1.54) is 13.3 Å². The first-order valence-electron chi connectivity index (χ1n) is 10.1. The SMILES string of the molecule is COc1cc2c(cc1Cc1cccc(C)c1F)c(=O)c(C(N)=O)cn2[C@H](CO)C(C)C. The Morgan fingerprint density at radius 2 is 1.97 bits per heavy atom.